The van der Waals surface area contributed by atoms with Gasteiger partial charge in [0.2, 0.25) is 0 Å². The van der Waals surface area contributed by atoms with Crippen LogP contribution in [0.1, 0.15) is 0 Å². The molecule has 21 atom stereocenters. The van der Waals surface area contributed by atoms with E-state index in [0.29, 0.717) is 0 Å². The van der Waals surface area contributed by atoms with E-state index in [-0.39, 0.29) is 0 Å². The van der Waals surface area contributed by atoms with E-state index in [1.54, 1.807) is 0 Å². The molecule has 0 aromatic rings. The molecule has 4 aliphatic rings. The highest BCUT2D eigenvalue weighted by Crippen LogP contribution is 2.31. The lowest BCUT2D eigenvalue weighted by atomic mass is 9.84. The largest absolute Gasteiger partial charge is 0.394 e. The van der Waals surface area contributed by atoms with E-state index in [2.05, 4.69) is 0 Å². The van der Waals surface area contributed by atoms with E-state index in [0.717, 1.165) is 0 Å². The maximum Gasteiger partial charge on any atom is 0.187 e. The zero-order chi connectivity index (χ0) is 33.5. The Bertz CT molecular complexity index is 915. The zero-order valence-electron chi connectivity index (χ0n) is 23.4. The van der Waals surface area contributed by atoms with Crippen LogP contribution in [0.5, 0.6) is 0 Å². The highest BCUT2D eigenvalue weighted by molar-refractivity contribution is 5.01. The summed E-state index contributed by atoms with van der Waals surface area (Å²) in [6, 6.07) is 0. The summed E-state index contributed by atoms with van der Waals surface area (Å²) < 4.78 is 32.1. The van der Waals surface area contributed by atoms with Crippen molar-refractivity contribution in [1.82, 2.24) is 0 Å². The van der Waals surface area contributed by atoms with Crippen LogP contribution < -0.4 is 0 Å². The minimum Gasteiger partial charge on any atom is -0.394 e. The predicted octanol–water partition coefficient (Wildman–Crippen LogP) is -10.4. The smallest absolute Gasteiger partial charge is 0.187 e. The number of hydrogen-bond acceptors (Lipinski definition) is 21. The Morgan fingerprint density at radius 2 is 0.667 bits per heavy atom. The minimum absolute atomic E-state index is 0.657. The van der Waals surface area contributed by atoms with E-state index in [1.165, 1.54) is 0 Å². The molecule has 15 N–H and O–H groups in total. The van der Waals surface area contributed by atoms with Gasteiger partial charge < -0.3 is 105 Å². The van der Waals surface area contributed by atoms with Crippen LogP contribution in [0.25, 0.3) is 0 Å². The van der Waals surface area contributed by atoms with Crippen molar-refractivity contribution in [2.24, 2.45) is 0 Å². The van der Waals surface area contributed by atoms with E-state index in [4.69, 9.17) is 28.4 Å². The van der Waals surface area contributed by atoms with Crippen molar-refractivity contribution in [3.05, 3.63) is 0 Å². The standard InChI is InChI=1S/C24H42O21/c25-1-4-7(26)10(29)18(37)22(42-4)40-2-5-8(27)11(30)19(38)23(43-5)41-3-6-9(28)12(31)20(39)24(44-6)45-21-16(35)14(33)13(32)15(34)17(21)36/h4-39H,1-3H2/t4-,5-,6-,7+,8+,9+,10+,11+,12+,13?,14-,15+,16+,17+,18-,19-,20-,21?,22+,23+,24-/m1/s1. The fraction of sp³-hybridized carbons (Fsp3) is 1.00. The van der Waals surface area contributed by atoms with Gasteiger partial charge in [0.25, 0.3) is 0 Å². The molecule has 21 nitrogen and oxygen atoms in total. The topological polar surface area (TPSA) is 359 Å². The van der Waals surface area contributed by atoms with Crippen molar-refractivity contribution in [3.8, 4) is 0 Å². The summed E-state index contributed by atoms with van der Waals surface area (Å²) >= 11 is 0. The van der Waals surface area contributed by atoms with Crippen LogP contribution in [0.3, 0.4) is 0 Å². The fourth-order valence-electron chi connectivity index (χ4n) is 5.46. The molecule has 1 aliphatic carbocycles. The summed E-state index contributed by atoms with van der Waals surface area (Å²) in [5.41, 5.74) is 0. The van der Waals surface area contributed by atoms with Crippen LogP contribution in [0.15, 0.2) is 0 Å². The monoisotopic (exact) mass is 666 g/mol. The Kier molecular flexibility index (Phi) is 12.5. The molecule has 3 heterocycles. The van der Waals surface area contributed by atoms with Crippen LogP contribution in [-0.2, 0) is 28.4 Å². The van der Waals surface area contributed by atoms with Gasteiger partial charge in [-0.3, -0.25) is 0 Å². The van der Waals surface area contributed by atoms with Crippen molar-refractivity contribution in [1.29, 1.82) is 0 Å². The summed E-state index contributed by atoms with van der Waals surface area (Å²) in [6.07, 6.45) is -38.1. The molecule has 4 rings (SSSR count). The molecule has 3 saturated heterocycles. The molecule has 4 fully saturated rings. The van der Waals surface area contributed by atoms with Crippen LogP contribution in [0, 0.1) is 0 Å². The molecule has 0 bridgehead atoms. The predicted molar refractivity (Wildman–Crippen MR) is 134 cm³/mol. The molecule has 1 saturated carbocycles. The van der Waals surface area contributed by atoms with Crippen LogP contribution in [-0.4, -0.2) is 225 Å². The highest BCUT2D eigenvalue weighted by Gasteiger charge is 2.53. The first kappa shape index (κ1) is 37.0. The molecule has 2 unspecified atom stereocenters. The zero-order valence-corrected chi connectivity index (χ0v) is 23.4. The second-order valence-corrected chi connectivity index (χ2v) is 11.4. The Labute approximate surface area is 254 Å². The molecule has 0 aromatic carbocycles. The first-order valence-corrected chi connectivity index (χ1v) is 14.1. The number of rotatable bonds is 9. The SMILES string of the molecule is OC[C@H]1O[C@H](OC[C@H]2O[C@H](OC[C@H]3O[C@H](OC4[C@@H](O)[C@H](O)C(O)[C@H](O)[C@@H]4O)[C@H](O)[C@@H](O)[C@H]3O)[C@H](O)[C@@H](O)[C@H]2O)[C@H](O)[C@@H](O)[C@H]1O. The Balaban J connectivity index is 1.38. The highest BCUT2D eigenvalue weighted by atomic mass is 16.7. The van der Waals surface area contributed by atoms with E-state index >= 15 is 0 Å². The number of aliphatic hydroxyl groups excluding tert-OH is 15. The third kappa shape index (κ3) is 7.44. The number of aliphatic hydroxyl groups is 15. The summed E-state index contributed by atoms with van der Waals surface area (Å²) in [5.74, 6) is 0. The molecule has 264 valence electrons. The summed E-state index contributed by atoms with van der Waals surface area (Å²) in [7, 11) is 0. The molecular formula is C24H42O21. The molecule has 0 amide bonds. The molecular weight excluding hydrogens is 624 g/mol. The lowest BCUT2D eigenvalue weighted by Gasteiger charge is -2.46. The lowest BCUT2D eigenvalue weighted by molar-refractivity contribution is -0.354. The van der Waals surface area contributed by atoms with Gasteiger partial charge in [0.05, 0.1) is 19.8 Å². The summed E-state index contributed by atoms with van der Waals surface area (Å²) in [4.78, 5) is 0. The molecule has 0 spiro atoms. The second kappa shape index (κ2) is 15.1. The number of hydrogen-bond donors (Lipinski definition) is 15. The van der Waals surface area contributed by atoms with E-state index in [9.17, 15) is 76.6 Å². The fourth-order valence-corrected chi connectivity index (χ4v) is 5.46. The summed E-state index contributed by atoms with van der Waals surface area (Å²) in [6.45, 7) is -2.15. The van der Waals surface area contributed by atoms with Crippen LogP contribution in [0.4, 0.5) is 0 Å². The minimum atomic E-state index is -2.01. The van der Waals surface area contributed by atoms with Crippen molar-refractivity contribution in [3.63, 3.8) is 0 Å². The molecule has 45 heavy (non-hydrogen) atoms. The normalized spacial score (nSPS) is 54.6. The second-order valence-electron chi connectivity index (χ2n) is 11.4. The van der Waals surface area contributed by atoms with Crippen molar-refractivity contribution in [2.75, 3.05) is 19.8 Å². The first-order valence-electron chi connectivity index (χ1n) is 14.1. The van der Waals surface area contributed by atoms with Gasteiger partial charge in [0.15, 0.2) is 18.9 Å². The summed E-state index contributed by atoms with van der Waals surface area (Å²) in [5, 5.41) is 152. The Morgan fingerprint density at radius 3 is 1.09 bits per heavy atom. The average Bonchev–Trinajstić information content (AvgIpc) is 3.03. The molecule has 3 aliphatic heterocycles. The first-order chi connectivity index (χ1) is 21.1. The van der Waals surface area contributed by atoms with Gasteiger partial charge in [-0.15, -0.1) is 0 Å². The molecule has 0 aromatic heterocycles. The third-order valence-corrected chi connectivity index (χ3v) is 8.40. The van der Waals surface area contributed by atoms with Crippen LogP contribution >= 0.6 is 0 Å². The van der Waals surface area contributed by atoms with Gasteiger partial charge >= 0.3 is 0 Å². The average molecular weight is 667 g/mol. The van der Waals surface area contributed by atoms with E-state index < -0.39 is 149 Å². The van der Waals surface area contributed by atoms with Gasteiger partial charge in [-0.25, -0.2) is 0 Å². The van der Waals surface area contributed by atoms with Crippen molar-refractivity contribution >= 4 is 0 Å². The maximum absolute atomic E-state index is 10.4. The van der Waals surface area contributed by atoms with Gasteiger partial charge in [-0.05, 0) is 0 Å². The third-order valence-electron chi connectivity index (χ3n) is 8.40. The van der Waals surface area contributed by atoms with Gasteiger partial charge in [-0.1, -0.05) is 0 Å². The van der Waals surface area contributed by atoms with Crippen molar-refractivity contribution in [2.45, 2.75) is 129 Å². The quantitative estimate of drug-likeness (QED) is 0.109. The van der Waals surface area contributed by atoms with Crippen molar-refractivity contribution < 1.29 is 105 Å². The van der Waals surface area contributed by atoms with Gasteiger partial charge in [0, 0.05) is 0 Å². The van der Waals surface area contributed by atoms with Crippen LogP contribution in [0.2, 0.25) is 0 Å². The maximum atomic E-state index is 10.4. The Morgan fingerprint density at radius 1 is 0.356 bits per heavy atom. The number of ether oxygens (including phenoxy) is 6. The van der Waals surface area contributed by atoms with Gasteiger partial charge in [-0.2, -0.15) is 0 Å². The Hall–Kier alpha value is -0.840. The molecule has 21 heteroatoms. The molecule has 0 radical (unpaired) electrons. The van der Waals surface area contributed by atoms with Gasteiger partial charge in [0.1, 0.15) is 110 Å². The van der Waals surface area contributed by atoms with E-state index in [1.807, 2.05) is 0 Å². The lowest BCUT2D eigenvalue weighted by Crippen LogP contribution is -2.67.